The molecule has 0 unspecified atom stereocenters. The summed E-state index contributed by atoms with van der Waals surface area (Å²) in [5.74, 6) is 0.900. The van der Waals surface area contributed by atoms with Gasteiger partial charge in [-0.25, -0.2) is 0 Å². The van der Waals surface area contributed by atoms with E-state index in [0.29, 0.717) is 30.8 Å². The van der Waals surface area contributed by atoms with Crippen LogP contribution in [0.15, 0.2) is 24.7 Å². The summed E-state index contributed by atoms with van der Waals surface area (Å²) in [4.78, 5) is 11.0. The minimum absolute atomic E-state index is 0.305. The highest BCUT2D eigenvalue weighted by atomic mass is 16.5. The van der Waals surface area contributed by atoms with Crippen LogP contribution in [0.3, 0.4) is 0 Å². The molecule has 0 spiro atoms. The van der Waals surface area contributed by atoms with Crippen LogP contribution in [0, 0.1) is 0 Å². The van der Waals surface area contributed by atoms with Crippen LogP contribution >= 0.6 is 0 Å². The molecule has 1 fully saturated rings. The number of aromatic nitrogens is 6. The minimum Gasteiger partial charge on any atom is -0.378 e. The number of anilines is 2. The predicted octanol–water partition coefficient (Wildman–Crippen LogP) is 0.0001000. The quantitative estimate of drug-likeness (QED) is 0.704. The fourth-order valence-electron chi connectivity index (χ4n) is 2.45. The zero-order valence-electron chi connectivity index (χ0n) is 11.8. The third kappa shape index (κ3) is 2.11. The summed E-state index contributed by atoms with van der Waals surface area (Å²) in [5.41, 5.74) is 8.40. The first-order valence-corrected chi connectivity index (χ1v) is 6.94. The van der Waals surface area contributed by atoms with Gasteiger partial charge in [-0.3, -0.25) is 0 Å². The van der Waals surface area contributed by atoms with Crippen molar-refractivity contribution >= 4 is 17.5 Å². The van der Waals surface area contributed by atoms with Crippen LogP contribution in [-0.2, 0) is 4.74 Å². The maximum Gasteiger partial charge on any atom is 0.230 e. The van der Waals surface area contributed by atoms with Crippen LogP contribution in [0.25, 0.3) is 16.8 Å². The van der Waals surface area contributed by atoms with Gasteiger partial charge in [0.05, 0.1) is 31.8 Å². The first-order valence-electron chi connectivity index (χ1n) is 6.94. The lowest BCUT2D eigenvalue weighted by Gasteiger charge is -2.26. The molecule has 1 saturated heterocycles. The van der Waals surface area contributed by atoms with E-state index < -0.39 is 0 Å². The molecule has 4 rings (SSSR count). The van der Waals surface area contributed by atoms with Gasteiger partial charge in [-0.05, 0) is 6.07 Å². The Labute approximate surface area is 125 Å². The van der Waals surface area contributed by atoms with Gasteiger partial charge in [-0.1, -0.05) is 0 Å². The van der Waals surface area contributed by atoms with E-state index in [0.717, 1.165) is 24.2 Å². The third-order valence-electron chi connectivity index (χ3n) is 3.57. The largest absolute Gasteiger partial charge is 0.378 e. The number of fused-ring (bicyclic) bond motifs is 1. The average molecular weight is 298 g/mol. The van der Waals surface area contributed by atoms with Crippen molar-refractivity contribution in [3.8, 4) is 11.1 Å². The lowest BCUT2D eigenvalue weighted by molar-refractivity contribution is 0.122. The monoisotopic (exact) mass is 298 g/mol. The van der Waals surface area contributed by atoms with E-state index in [1.165, 1.54) is 4.52 Å². The Kier molecular flexibility index (Phi) is 3.04. The topological polar surface area (TPSA) is 107 Å². The molecule has 4 heterocycles. The summed E-state index contributed by atoms with van der Waals surface area (Å²) in [6.45, 7) is 2.81. The summed E-state index contributed by atoms with van der Waals surface area (Å²) in [7, 11) is 0. The summed E-state index contributed by atoms with van der Waals surface area (Å²) < 4.78 is 6.88. The molecule has 2 N–H and O–H groups in total. The van der Waals surface area contributed by atoms with E-state index in [4.69, 9.17) is 10.5 Å². The SMILES string of the molecule is Nc1nc(N2CCOCC2)nc2c(-c3ccnnc3)cnn12. The number of nitrogens with two attached hydrogens (primary N) is 1. The number of hydrogen-bond donors (Lipinski definition) is 1. The highest BCUT2D eigenvalue weighted by molar-refractivity contribution is 5.77. The number of ether oxygens (including phenoxy) is 1. The fraction of sp³-hybridized carbons (Fsp3) is 0.308. The molecule has 1 aliphatic heterocycles. The first kappa shape index (κ1) is 12.9. The molecule has 0 saturated carbocycles. The second-order valence-electron chi connectivity index (χ2n) is 4.91. The number of nitrogen functional groups attached to an aromatic ring is 1. The number of nitrogens with zero attached hydrogens (tertiary/aromatic N) is 7. The Morgan fingerprint density at radius 2 is 1.95 bits per heavy atom. The molecule has 0 radical (unpaired) electrons. The smallest absolute Gasteiger partial charge is 0.230 e. The lowest BCUT2D eigenvalue weighted by atomic mass is 10.2. The molecule has 22 heavy (non-hydrogen) atoms. The standard InChI is InChI=1S/C13H14N8O/c14-12-19-13(20-3-5-22-6-4-20)18-11-10(8-17-21(11)12)9-1-2-15-16-7-9/h1-2,7-8H,3-6H2,(H2,14,18,19). The van der Waals surface area contributed by atoms with E-state index in [1.54, 1.807) is 18.6 Å². The summed E-state index contributed by atoms with van der Waals surface area (Å²) in [6, 6.07) is 1.86. The van der Waals surface area contributed by atoms with Crippen molar-refractivity contribution in [3.63, 3.8) is 0 Å². The Bertz CT molecular complexity index is 796. The van der Waals surface area contributed by atoms with Crippen molar-refractivity contribution < 1.29 is 4.74 Å². The summed E-state index contributed by atoms with van der Waals surface area (Å²) in [5, 5.41) is 11.9. The molecule has 3 aromatic heterocycles. The molecule has 112 valence electrons. The highest BCUT2D eigenvalue weighted by Gasteiger charge is 2.18. The van der Waals surface area contributed by atoms with Crippen LogP contribution in [0.4, 0.5) is 11.9 Å². The van der Waals surface area contributed by atoms with Gasteiger partial charge in [-0.15, -0.1) is 0 Å². The van der Waals surface area contributed by atoms with E-state index >= 15 is 0 Å². The second-order valence-corrected chi connectivity index (χ2v) is 4.91. The molecule has 9 heteroatoms. The molecule has 0 aromatic carbocycles. The first-order chi connectivity index (χ1) is 10.8. The van der Waals surface area contributed by atoms with E-state index in [2.05, 4.69) is 30.2 Å². The van der Waals surface area contributed by atoms with Crippen molar-refractivity contribution in [3.05, 3.63) is 24.7 Å². The van der Waals surface area contributed by atoms with Crippen molar-refractivity contribution in [2.75, 3.05) is 36.9 Å². The molecule has 0 atom stereocenters. The zero-order chi connectivity index (χ0) is 14.9. The van der Waals surface area contributed by atoms with Gasteiger partial charge >= 0.3 is 0 Å². The maximum atomic E-state index is 6.02. The Morgan fingerprint density at radius 3 is 2.73 bits per heavy atom. The Balaban J connectivity index is 1.84. The van der Waals surface area contributed by atoms with Crippen molar-refractivity contribution in [2.24, 2.45) is 0 Å². The Morgan fingerprint density at radius 1 is 1.09 bits per heavy atom. The third-order valence-corrected chi connectivity index (χ3v) is 3.57. The molecular weight excluding hydrogens is 284 g/mol. The predicted molar refractivity (Wildman–Crippen MR) is 79.3 cm³/mol. The Hall–Kier alpha value is -2.81. The van der Waals surface area contributed by atoms with Crippen molar-refractivity contribution in [1.29, 1.82) is 0 Å². The van der Waals surface area contributed by atoms with Crippen LogP contribution in [0.1, 0.15) is 0 Å². The number of rotatable bonds is 2. The molecule has 1 aliphatic rings. The van der Waals surface area contributed by atoms with Gasteiger partial charge < -0.3 is 15.4 Å². The number of morpholine rings is 1. The molecular formula is C13H14N8O. The van der Waals surface area contributed by atoms with Crippen LogP contribution in [-0.4, -0.2) is 56.1 Å². The molecule has 3 aromatic rings. The summed E-state index contributed by atoms with van der Waals surface area (Å²) in [6.07, 6.45) is 5.01. The van der Waals surface area contributed by atoms with E-state index in [-0.39, 0.29) is 0 Å². The molecule has 0 bridgehead atoms. The van der Waals surface area contributed by atoms with Crippen LogP contribution in [0.2, 0.25) is 0 Å². The number of hydrogen-bond acceptors (Lipinski definition) is 8. The second kappa shape index (κ2) is 5.19. The van der Waals surface area contributed by atoms with Crippen LogP contribution in [0.5, 0.6) is 0 Å². The highest BCUT2D eigenvalue weighted by Crippen LogP contribution is 2.24. The molecule has 0 aliphatic carbocycles. The minimum atomic E-state index is 0.305. The molecule has 9 nitrogen and oxygen atoms in total. The van der Waals surface area contributed by atoms with Crippen molar-refractivity contribution in [1.82, 2.24) is 29.8 Å². The van der Waals surface area contributed by atoms with Crippen molar-refractivity contribution in [2.45, 2.75) is 0 Å². The van der Waals surface area contributed by atoms with E-state index in [9.17, 15) is 0 Å². The van der Waals surface area contributed by atoms with Gasteiger partial charge in [-0.2, -0.15) is 29.8 Å². The summed E-state index contributed by atoms with van der Waals surface area (Å²) >= 11 is 0. The molecule has 0 amide bonds. The average Bonchev–Trinajstić information content (AvgIpc) is 3.01. The van der Waals surface area contributed by atoms with Gasteiger partial charge in [0.25, 0.3) is 0 Å². The zero-order valence-corrected chi connectivity index (χ0v) is 11.8. The van der Waals surface area contributed by atoms with Gasteiger partial charge in [0.2, 0.25) is 11.9 Å². The van der Waals surface area contributed by atoms with Gasteiger partial charge in [0.15, 0.2) is 5.65 Å². The normalized spacial score (nSPS) is 15.4. The fourth-order valence-corrected chi connectivity index (χ4v) is 2.45. The maximum absolute atomic E-state index is 6.02. The van der Waals surface area contributed by atoms with Crippen LogP contribution < -0.4 is 10.6 Å². The van der Waals surface area contributed by atoms with Gasteiger partial charge in [0.1, 0.15) is 0 Å². The van der Waals surface area contributed by atoms with Gasteiger partial charge in [0, 0.05) is 24.2 Å². The lowest BCUT2D eigenvalue weighted by Crippen LogP contribution is -2.37. The van der Waals surface area contributed by atoms with E-state index in [1.807, 2.05) is 6.07 Å².